The molecule has 0 bridgehead atoms. The highest BCUT2D eigenvalue weighted by Crippen LogP contribution is 2.41. The summed E-state index contributed by atoms with van der Waals surface area (Å²) in [6.45, 7) is 0.140. The first-order chi connectivity index (χ1) is 16.9. The van der Waals surface area contributed by atoms with Crippen molar-refractivity contribution in [1.82, 2.24) is 24.8 Å². The second-order valence-electron chi connectivity index (χ2n) is 9.10. The molecule has 0 N–H and O–H groups in total. The molecule has 1 spiro atoms. The third-order valence-electron chi connectivity index (χ3n) is 7.14. The monoisotopic (exact) mass is 480 g/mol. The average molecular weight is 481 g/mol. The minimum Gasteiger partial charge on any atom is -0.417 e. The summed E-state index contributed by atoms with van der Waals surface area (Å²) in [6.07, 6.45) is 9.29. The topological polar surface area (TPSA) is 84.3 Å². The number of carbonyl (C=O) groups excluding carboxylic acids is 1. The van der Waals surface area contributed by atoms with Gasteiger partial charge in [-0.05, 0) is 49.4 Å². The Balaban J connectivity index is 1.29. The normalized spacial score (nSPS) is 20.3. The minimum absolute atomic E-state index is 0.00469. The quantitative estimate of drug-likeness (QED) is 0.551. The van der Waals surface area contributed by atoms with Crippen molar-refractivity contribution in [2.45, 2.75) is 44.3 Å². The van der Waals surface area contributed by atoms with Gasteiger partial charge < -0.3 is 14.5 Å². The first kappa shape index (κ1) is 23.1. The maximum Gasteiger partial charge on any atom is 0.388 e. The largest absolute Gasteiger partial charge is 0.417 e. The molecular weight excluding hydrogens is 454 g/mol. The zero-order valence-electron chi connectivity index (χ0n) is 19.6. The van der Waals surface area contributed by atoms with E-state index in [2.05, 4.69) is 30.7 Å². The summed E-state index contributed by atoms with van der Waals surface area (Å²) >= 11 is 0. The number of amides is 1. The highest BCUT2D eigenvalue weighted by atomic mass is 19.3. The number of hydrogen-bond donors (Lipinski definition) is 0. The van der Waals surface area contributed by atoms with Gasteiger partial charge in [0.15, 0.2) is 5.82 Å². The molecule has 1 unspecified atom stereocenters. The lowest BCUT2D eigenvalue weighted by Crippen LogP contribution is -2.52. The van der Waals surface area contributed by atoms with Crippen LogP contribution in [0.25, 0.3) is 11.4 Å². The molecule has 2 aliphatic heterocycles. The molecule has 182 valence electrons. The number of rotatable bonds is 5. The molecule has 3 aromatic heterocycles. The van der Waals surface area contributed by atoms with Gasteiger partial charge in [0.1, 0.15) is 5.82 Å². The van der Waals surface area contributed by atoms with Gasteiger partial charge >= 0.3 is 6.61 Å². The van der Waals surface area contributed by atoms with Crippen LogP contribution in [-0.2, 0) is 11.2 Å². The molecule has 5 rings (SSSR count). The fourth-order valence-corrected chi connectivity index (χ4v) is 5.07. The summed E-state index contributed by atoms with van der Waals surface area (Å²) in [6, 6.07) is 6.87. The van der Waals surface area contributed by atoms with E-state index in [-0.39, 0.29) is 17.3 Å². The molecule has 2 atom stereocenters. The number of nitrogens with zero attached hydrogens (tertiary/aromatic N) is 6. The van der Waals surface area contributed by atoms with E-state index < -0.39 is 12.5 Å². The molecule has 5 heterocycles. The molecule has 3 aromatic rings. The first-order valence-electron chi connectivity index (χ1n) is 11.6. The van der Waals surface area contributed by atoms with Gasteiger partial charge in [0.05, 0.1) is 11.5 Å². The van der Waals surface area contributed by atoms with E-state index in [0.717, 1.165) is 36.2 Å². The Morgan fingerprint density at radius 1 is 1.11 bits per heavy atom. The van der Waals surface area contributed by atoms with Crippen molar-refractivity contribution in [2.24, 2.45) is 0 Å². The number of aromatic nitrogens is 4. The molecule has 0 aromatic carbocycles. The van der Waals surface area contributed by atoms with Gasteiger partial charge in [-0.1, -0.05) is 6.07 Å². The lowest BCUT2D eigenvalue weighted by Gasteiger charge is -2.44. The van der Waals surface area contributed by atoms with Crippen molar-refractivity contribution in [2.75, 3.05) is 25.0 Å². The van der Waals surface area contributed by atoms with Gasteiger partial charge in [-0.3, -0.25) is 4.79 Å². The smallest absolute Gasteiger partial charge is 0.388 e. The molecule has 35 heavy (non-hydrogen) atoms. The van der Waals surface area contributed by atoms with Crippen LogP contribution in [0.1, 0.15) is 36.8 Å². The van der Waals surface area contributed by atoms with Crippen molar-refractivity contribution in [3.05, 3.63) is 60.2 Å². The number of pyridine rings is 2. The van der Waals surface area contributed by atoms with E-state index in [9.17, 15) is 13.6 Å². The van der Waals surface area contributed by atoms with Gasteiger partial charge in [-0.2, -0.15) is 8.78 Å². The predicted molar refractivity (Wildman–Crippen MR) is 125 cm³/mol. The number of likely N-dealkylation sites (tertiary alicyclic amines) is 1. The summed E-state index contributed by atoms with van der Waals surface area (Å²) in [4.78, 5) is 34.7. The van der Waals surface area contributed by atoms with E-state index in [1.54, 1.807) is 30.7 Å². The van der Waals surface area contributed by atoms with Crippen LogP contribution in [0.5, 0.6) is 5.88 Å². The van der Waals surface area contributed by atoms with E-state index in [1.807, 2.05) is 18.9 Å². The Morgan fingerprint density at radius 2 is 1.91 bits per heavy atom. The fourth-order valence-electron chi connectivity index (χ4n) is 5.07. The molecule has 8 nitrogen and oxygen atoms in total. The number of carbonyl (C=O) groups is 1. The van der Waals surface area contributed by atoms with Crippen LogP contribution in [0.2, 0.25) is 0 Å². The van der Waals surface area contributed by atoms with Crippen LogP contribution in [0.3, 0.4) is 0 Å². The van der Waals surface area contributed by atoms with Crippen LogP contribution >= 0.6 is 0 Å². The van der Waals surface area contributed by atoms with Crippen LogP contribution < -0.4 is 9.64 Å². The van der Waals surface area contributed by atoms with E-state index in [0.29, 0.717) is 24.5 Å². The highest BCUT2D eigenvalue weighted by molar-refractivity contribution is 5.84. The second kappa shape index (κ2) is 9.16. The van der Waals surface area contributed by atoms with Crippen molar-refractivity contribution < 1.29 is 18.3 Å². The SMILES string of the molecule is CC(C(=O)N1CC[C@@]2(CCc3cc(-c4ncccn4)cnc3N2C)C1)c1ccc(OC(F)F)nc1. The average Bonchev–Trinajstić information content (AvgIpc) is 3.31. The predicted octanol–water partition coefficient (Wildman–Crippen LogP) is 3.69. The standard InChI is InChI=1S/C25H26F2N6O2/c1-16(18-4-5-20(30-13-18)35-24(26)27)23(34)33-11-8-25(15-33)7-6-17-12-19(14-31-22(17)32(25)2)21-28-9-3-10-29-21/h3-5,9-10,12-14,16,24H,6-8,11,15H2,1-2H3/t16?,25-/m0/s1. The Hall–Kier alpha value is -3.69. The van der Waals surface area contributed by atoms with Crippen LogP contribution in [0.4, 0.5) is 14.6 Å². The number of hydrogen-bond acceptors (Lipinski definition) is 7. The second-order valence-corrected chi connectivity index (χ2v) is 9.10. The number of ether oxygens (including phenoxy) is 1. The molecular formula is C25H26F2N6O2. The van der Waals surface area contributed by atoms with Crippen LogP contribution in [0, 0.1) is 0 Å². The number of halogens is 2. The van der Waals surface area contributed by atoms with Crippen LogP contribution in [-0.4, -0.2) is 63.0 Å². The number of alkyl halides is 2. The molecule has 0 saturated carbocycles. The maximum atomic E-state index is 13.3. The molecule has 1 fully saturated rings. The third-order valence-corrected chi connectivity index (χ3v) is 7.14. The van der Waals surface area contributed by atoms with E-state index >= 15 is 0 Å². The van der Waals surface area contributed by atoms with Gasteiger partial charge in [-0.25, -0.2) is 19.9 Å². The van der Waals surface area contributed by atoms with Crippen LogP contribution in [0.15, 0.2) is 49.1 Å². The number of fused-ring (bicyclic) bond motifs is 1. The minimum atomic E-state index is -2.93. The van der Waals surface area contributed by atoms with Gasteiger partial charge in [0, 0.05) is 56.6 Å². The molecule has 0 aliphatic carbocycles. The molecule has 2 aliphatic rings. The van der Waals surface area contributed by atoms with Gasteiger partial charge in [-0.15, -0.1) is 0 Å². The highest BCUT2D eigenvalue weighted by Gasteiger charge is 2.46. The fraction of sp³-hybridized carbons (Fsp3) is 0.400. The van der Waals surface area contributed by atoms with E-state index in [4.69, 9.17) is 4.98 Å². The van der Waals surface area contributed by atoms with Crippen molar-refractivity contribution in [1.29, 1.82) is 0 Å². The molecule has 1 saturated heterocycles. The summed E-state index contributed by atoms with van der Waals surface area (Å²) < 4.78 is 29.0. The summed E-state index contributed by atoms with van der Waals surface area (Å²) in [5, 5.41) is 0. The van der Waals surface area contributed by atoms with Crippen molar-refractivity contribution in [3.63, 3.8) is 0 Å². The Kier molecular flexibility index (Phi) is 6.04. The molecule has 10 heteroatoms. The Morgan fingerprint density at radius 3 is 2.63 bits per heavy atom. The molecule has 1 amide bonds. The van der Waals surface area contributed by atoms with Gasteiger partial charge in [0.2, 0.25) is 11.8 Å². The zero-order chi connectivity index (χ0) is 24.6. The van der Waals surface area contributed by atoms with Crippen molar-refractivity contribution >= 4 is 11.7 Å². The maximum absolute atomic E-state index is 13.3. The first-order valence-corrected chi connectivity index (χ1v) is 11.6. The lowest BCUT2D eigenvalue weighted by atomic mass is 9.84. The summed E-state index contributed by atoms with van der Waals surface area (Å²) in [5.74, 6) is 0.971. The number of likely N-dealkylation sites (N-methyl/N-ethyl adjacent to an activating group) is 1. The van der Waals surface area contributed by atoms with Gasteiger partial charge in [0.25, 0.3) is 0 Å². The zero-order valence-corrected chi connectivity index (χ0v) is 19.6. The Bertz CT molecular complexity index is 1210. The lowest BCUT2D eigenvalue weighted by molar-refractivity contribution is -0.131. The number of aryl methyl sites for hydroxylation is 1. The third kappa shape index (κ3) is 4.40. The summed E-state index contributed by atoms with van der Waals surface area (Å²) in [7, 11) is 2.05. The van der Waals surface area contributed by atoms with E-state index in [1.165, 1.54) is 12.3 Å². The summed E-state index contributed by atoms with van der Waals surface area (Å²) in [5.41, 5.74) is 2.54. The number of anilines is 1. The molecule has 0 radical (unpaired) electrons. The van der Waals surface area contributed by atoms with Crippen molar-refractivity contribution in [3.8, 4) is 17.3 Å². The Labute approximate surface area is 202 Å².